The van der Waals surface area contributed by atoms with Crippen LogP contribution in [0.5, 0.6) is 0 Å². The quantitative estimate of drug-likeness (QED) is 0.401. The third-order valence-corrected chi connectivity index (χ3v) is 2.06. The molecule has 0 radical (unpaired) electrons. The van der Waals surface area contributed by atoms with Gasteiger partial charge < -0.3 is 0 Å². The lowest BCUT2D eigenvalue weighted by atomic mass is 10.3. The molecule has 1 N–H and O–H groups in total. The molecule has 0 aliphatic rings. The Morgan fingerprint density at radius 2 is 2.05 bits per heavy atom. The van der Waals surface area contributed by atoms with Gasteiger partial charge in [0, 0.05) is 6.07 Å². The fourth-order valence-electron chi connectivity index (χ4n) is 0.957. The standard InChI is InChI=1S/C8H4ClF4N3O3/c9-4-2-1-3(16(18)19)5(14-4)15-7(17)8(12,13)6(10)11/h1-2,6H,(H,14,15,17). The van der Waals surface area contributed by atoms with Gasteiger partial charge >= 0.3 is 23.9 Å². The Labute approximate surface area is 107 Å². The van der Waals surface area contributed by atoms with Gasteiger partial charge in [-0.3, -0.25) is 20.2 Å². The number of anilines is 1. The molecule has 0 aromatic carbocycles. The van der Waals surface area contributed by atoms with Crippen LogP contribution in [0.2, 0.25) is 5.15 Å². The zero-order chi connectivity index (χ0) is 14.8. The van der Waals surface area contributed by atoms with Gasteiger partial charge in [-0.25, -0.2) is 13.8 Å². The predicted molar refractivity (Wildman–Crippen MR) is 55.5 cm³/mol. The van der Waals surface area contributed by atoms with Crippen LogP contribution in [0.1, 0.15) is 0 Å². The summed E-state index contributed by atoms with van der Waals surface area (Å²) < 4.78 is 49.2. The Bertz CT molecular complexity index is 526. The second-order valence-corrected chi connectivity index (χ2v) is 3.52. The van der Waals surface area contributed by atoms with Crippen LogP contribution in [0.3, 0.4) is 0 Å². The van der Waals surface area contributed by atoms with Crippen LogP contribution in [0.4, 0.5) is 29.1 Å². The Morgan fingerprint density at radius 3 is 2.53 bits per heavy atom. The number of hydrogen-bond acceptors (Lipinski definition) is 4. The molecule has 19 heavy (non-hydrogen) atoms. The number of carbonyl (C=O) groups is 1. The Hall–Kier alpha value is -1.97. The van der Waals surface area contributed by atoms with Gasteiger partial charge in [0.25, 0.3) is 0 Å². The Morgan fingerprint density at radius 1 is 1.47 bits per heavy atom. The topological polar surface area (TPSA) is 85.1 Å². The number of amides is 1. The summed E-state index contributed by atoms with van der Waals surface area (Å²) in [5.74, 6) is -8.36. The number of nitrogens with one attached hydrogen (secondary N) is 1. The van der Waals surface area contributed by atoms with Gasteiger partial charge in [-0.05, 0) is 6.07 Å². The molecule has 0 aliphatic carbocycles. The maximum atomic E-state index is 12.7. The van der Waals surface area contributed by atoms with Crippen LogP contribution in [-0.2, 0) is 4.79 Å². The van der Waals surface area contributed by atoms with Gasteiger partial charge in [0.05, 0.1) is 4.92 Å². The lowest BCUT2D eigenvalue weighted by Gasteiger charge is -2.14. The van der Waals surface area contributed by atoms with E-state index in [1.807, 2.05) is 0 Å². The van der Waals surface area contributed by atoms with Crippen molar-refractivity contribution >= 4 is 29.0 Å². The highest BCUT2D eigenvalue weighted by Crippen LogP contribution is 2.28. The molecule has 1 aromatic heterocycles. The Balaban J connectivity index is 3.09. The zero-order valence-corrected chi connectivity index (χ0v) is 9.50. The van der Waals surface area contributed by atoms with Crippen LogP contribution >= 0.6 is 11.6 Å². The number of halogens is 5. The van der Waals surface area contributed by atoms with Crippen molar-refractivity contribution in [1.82, 2.24) is 4.98 Å². The lowest BCUT2D eigenvalue weighted by molar-refractivity contribution is -0.384. The molecule has 0 saturated heterocycles. The van der Waals surface area contributed by atoms with Gasteiger partial charge in [0.2, 0.25) is 5.82 Å². The van der Waals surface area contributed by atoms with Crippen LogP contribution in [0, 0.1) is 10.1 Å². The van der Waals surface area contributed by atoms with E-state index in [-0.39, 0.29) is 5.15 Å². The third-order valence-electron chi connectivity index (χ3n) is 1.85. The number of alkyl halides is 4. The van der Waals surface area contributed by atoms with Crippen molar-refractivity contribution < 1.29 is 27.3 Å². The number of aromatic nitrogens is 1. The number of rotatable bonds is 4. The summed E-state index contributed by atoms with van der Waals surface area (Å²) in [5.41, 5.74) is -0.859. The summed E-state index contributed by atoms with van der Waals surface area (Å²) in [4.78, 5) is 23.6. The van der Waals surface area contributed by atoms with Crippen LogP contribution in [0.25, 0.3) is 0 Å². The number of carbonyl (C=O) groups excluding carboxylic acids is 1. The minimum atomic E-state index is -5.00. The maximum absolute atomic E-state index is 12.7. The molecule has 1 amide bonds. The van der Waals surface area contributed by atoms with Gasteiger partial charge in [-0.1, -0.05) is 11.6 Å². The molecular weight excluding hydrogens is 298 g/mol. The van der Waals surface area contributed by atoms with Crippen molar-refractivity contribution in [2.45, 2.75) is 12.3 Å². The third kappa shape index (κ3) is 3.28. The molecule has 0 unspecified atom stereocenters. The second-order valence-electron chi connectivity index (χ2n) is 3.14. The van der Waals surface area contributed by atoms with E-state index in [0.29, 0.717) is 0 Å². The average Bonchev–Trinajstić information content (AvgIpc) is 2.28. The van der Waals surface area contributed by atoms with Crippen molar-refractivity contribution in [3.05, 3.63) is 27.4 Å². The number of nitro groups is 1. The molecule has 11 heteroatoms. The van der Waals surface area contributed by atoms with Crippen molar-refractivity contribution in [1.29, 1.82) is 0 Å². The van der Waals surface area contributed by atoms with E-state index < -0.39 is 34.7 Å². The van der Waals surface area contributed by atoms with Gasteiger partial charge in [0.1, 0.15) is 5.15 Å². The molecule has 0 fully saturated rings. The molecule has 0 bridgehead atoms. The first-order chi connectivity index (χ1) is 8.66. The second kappa shape index (κ2) is 5.34. The fourth-order valence-corrected chi connectivity index (χ4v) is 1.10. The minimum absolute atomic E-state index is 0.346. The van der Waals surface area contributed by atoms with E-state index in [0.717, 1.165) is 12.1 Å². The maximum Gasteiger partial charge on any atom is 0.383 e. The molecule has 1 rings (SSSR count). The minimum Gasteiger partial charge on any atom is -0.299 e. The molecule has 6 nitrogen and oxygen atoms in total. The highest BCUT2D eigenvalue weighted by Gasteiger charge is 2.49. The van der Waals surface area contributed by atoms with Crippen molar-refractivity contribution in [3.63, 3.8) is 0 Å². The first kappa shape index (κ1) is 15.1. The van der Waals surface area contributed by atoms with Gasteiger partial charge in [0.15, 0.2) is 0 Å². The summed E-state index contributed by atoms with van der Waals surface area (Å²) in [6.07, 6.45) is -4.26. The summed E-state index contributed by atoms with van der Waals surface area (Å²) >= 11 is 5.36. The smallest absolute Gasteiger partial charge is 0.299 e. The average molecular weight is 302 g/mol. The number of pyridine rings is 1. The summed E-state index contributed by atoms with van der Waals surface area (Å²) in [7, 11) is 0. The molecular formula is C8H4ClF4N3O3. The molecule has 0 spiro atoms. The summed E-state index contributed by atoms with van der Waals surface area (Å²) in [6.45, 7) is 0. The van der Waals surface area contributed by atoms with Crippen LogP contribution in [-0.4, -0.2) is 28.2 Å². The SMILES string of the molecule is O=C(Nc1nc(Cl)ccc1[N+](=O)[O-])C(F)(F)C(F)F. The van der Waals surface area contributed by atoms with Crippen molar-refractivity contribution in [2.75, 3.05) is 5.32 Å². The number of nitrogens with zero attached hydrogens (tertiary/aromatic N) is 2. The molecule has 0 aliphatic heterocycles. The monoisotopic (exact) mass is 301 g/mol. The molecule has 1 aromatic rings. The van der Waals surface area contributed by atoms with E-state index in [2.05, 4.69) is 4.98 Å². The first-order valence-corrected chi connectivity index (χ1v) is 4.82. The zero-order valence-electron chi connectivity index (χ0n) is 8.74. The number of hydrogen-bond donors (Lipinski definition) is 1. The molecule has 104 valence electrons. The lowest BCUT2D eigenvalue weighted by Crippen LogP contribution is -2.41. The van der Waals surface area contributed by atoms with Gasteiger partial charge in [-0.2, -0.15) is 8.78 Å². The highest BCUT2D eigenvalue weighted by atomic mass is 35.5. The molecule has 0 atom stereocenters. The van der Waals surface area contributed by atoms with Crippen molar-refractivity contribution in [2.24, 2.45) is 0 Å². The van der Waals surface area contributed by atoms with Gasteiger partial charge in [-0.15, -0.1) is 0 Å². The normalized spacial score (nSPS) is 11.5. The fraction of sp³-hybridized carbons (Fsp3) is 0.250. The largest absolute Gasteiger partial charge is 0.383 e. The van der Waals surface area contributed by atoms with E-state index in [9.17, 15) is 32.5 Å². The summed E-state index contributed by atoms with van der Waals surface area (Å²) in [6, 6.07) is 1.76. The molecule has 1 heterocycles. The first-order valence-electron chi connectivity index (χ1n) is 4.44. The van der Waals surface area contributed by atoms with E-state index in [1.54, 1.807) is 0 Å². The van der Waals surface area contributed by atoms with E-state index >= 15 is 0 Å². The highest BCUT2D eigenvalue weighted by molar-refractivity contribution is 6.29. The van der Waals surface area contributed by atoms with E-state index in [1.165, 1.54) is 5.32 Å². The molecule has 0 saturated carbocycles. The predicted octanol–water partition coefficient (Wildman–Crippen LogP) is 2.48. The van der Waals surface area contributed by atoms with E-state index in [4.69, 9.17) is 11.6 Å². The Kier molecular flexibility index (Phi) is 4.24. The summed E-state index contributed by atoms with van der Waals surface area (Å²) in [5, 5.41) is 11.4. The van der Waals surface area contributed by atoms with Crippen LogP contribution in [0.15, 0.2) is 12.1 Å². The van der Waals surface area contributed by atoms with Crippen molar-refractivity contribution in [3.8, 4) is 0 Å². The van der Waals surface area contributed by atoms with Crippen LogP contribution < -0.4 is 5.32 Å².